The number of fused-ring (bicyclic) bond motifs is 1. The molecule has 0 bridgehead atoms. The number of sulfonamides is 1. The normalized spacial score (nSPS) is 19.5. The lowest BCUT2D eigenvalue weighted by atomic mass is 9.92. The number of imidazole rings is 1. The number of hydrogen-bond acceptors (Lipinski definition) is 7. The summed E-state index contributed by atoms with van der Waals surface area (Å²) in [5.74, 6) is 1.05. The van der Waals surface area contributed by atoms with Crippen LogP contribution >= 0.6 is 0 Å². The van der Waals surface area contributed by atoms with Crippen LogP contribution in [0.2, 0.25) is 0 Å². The van der Waals surface area contributed by atoms with Crippen molar-refractivity contribution in [2.45, 2.75) is 51.5 Å². The first-order valence-electron chi connectivity index (χ1n) is 12.3. The molecule has 3 heterocycles. The molecule has 0 saturated carbocycles. The smallest absolute Gasteiger partial charge is 0.243 e. The van der Waals surface area contributed by atoms with Crippen molar-refractivity contribution >= 4 is 27.6 Å². The van der Waals surface area contributed by atoms with Crippen LogP contribution < -0.4 is 10.5 Å². The number of aromatic nitrogens is 2. The van der Waals surface area contributed by atoms with Crippen molar-refractivity contribution in [3.63, 3.8) is 0 Å². The van der Waals surface area contributed by atoms with E-state index in [1.54, 1.807) is 22.8 Å². The minimum atomic E-state index is -3.71. The van der Waals surface area contributed by atoms with Gasteiger partial charge in [-0.1, -0.05) is 13.8 Å². The molecule has 1 fully saturated rings. The fraction of sp³-hybridized carbons (Fsp3) is 0.520. The molecule has 1 atom stereocenters. The lowest BCUT2D eigenvalue weighted by molar-refractivity contribution is 0.0972. The maximum Gasteiger partial charge on any atom is 0.243 e. The Balaban J connectivity index is 1.80. The predicted molar refractivity (Wildman–Crippen MR) is 136 cm³/mol. The van der Waals surface area contributed by atoms with Gasteiger partial charge in [-0.25, -0.2) is 13.4 Å². The number of piperazine rings is 1. The van der Waals surface area contributed by atoms with Gasteiger partial charge < -0.3 is 15.4 Å². The molecule has 2 aromatic rings. The van der Waals surface area contributed by atoms with Gasteiger partial charge in [-0.3, -0.25) is 9.36 Å². The van der Waals surface area contributed by atoms with E-state index in [4.69, 9.17) is 10.5 Å². The molecule has 35 heavy (non-hydrogen) atoms. The molecule has 0 spiro atoms. The highest BCUT2D eigenvalue weighted by atomic mass is 32.2. The van der Waals surface area contributed by atoms with E-state index in [0.29, 0.717) is 67.5 Å². The van der Waals surface area contributed by atoms with Gasteiger partial charge in [-0.2, -0.15) is 4.31 Å². The molecule has 1 saturated heterocycles. The molecule has 0 radical (unpaired) electrons. The number of hydrogen-bond donors (Lipinski definition) is 1. The van der Waals surface area contributed by atoms with Gasteiger partial charge in [0.2, 0.25) is 15.8 Å². The average Bonchev–Trinajstić information content (AvgIpc) is 3.17. The van der Waals surface area contributed by atoms with Crippen LogP contribution in [0.4, 0.5) is 0 Å². The molecule has 190 valence electrons. The first-order valence-corrected chi connectivity index (χ1v) is 13.8. The zero-order valence-electron chi connectivity index (χ0n) is 21.0. The largest absolute Gasteiger partial charge is 0.493 e. The van der Waals surface area contributed by atoms with Crippen LogP contribution in [-0.2, 0) is 16.4 Å². The highest BCUT2D eigenvalue weighted by Gasteiger charge is 2.34. The SMILES string of the molecule is CCCc1nc(C)c2n1C=C(c1cc(S(=O)(=O)N3CCN(CC)CC3)ccc1OCC)[C@@H](N)C2=O. The van der Waals surface area contributed by atoms with Crippen LogP contribution in [0.15, 0.2) is 23.1 Å². The predicted octanol–water partition coefficient (Wildman–Crippen LogP) is 2.39. The Morgan fingerprint density at radius 1 is 1.14 bits per heavy atom. The number of Topliss-reactive ketones (excluding diaryl/α,β-unsaturated/α-hetero) is 1. The Kier molecular flexibility index (Phi) is 7.46. The van der Waals surface area contributed by atoms with Crippen molar-refractivity contribution in [2.24, 2.45) is 5.73 Å². The Hall–Kier alpha value is -2.53. The van der Waals surface area contributed by atoms with Crippen LogP contribution in [0.5, 0.6) is 5.75 Å². The molecule has 2 aliphatic heterocycles. The highest BCUT2D eigenvalue weighted by Crippen LogP contribution is 2.36. The molecule has 0 aliphatic carbocycles. The second-order valence-electron chi connectivity index (χ2n) is 8.94. The number of rotatable bonds is 8. The summed E-state index contributed by atoms with van der Waals surface area (Å²) >= 11 is 0. The number of ketones is 1. The molecule has 2 N–H and O–H groups in total. The van der Waals surface area contributed by atoms with Crippen LogP contribution in [-0.4, -0.2) is 78.3 Å². The molecule has 2 aliphatic rings. The van der Waals surface area contributed by atoms with Gasteiger partial charge in [-0.15, -0.1) is 0 Å². The Bertz CT molecular complexity index is 1240. The third-order valence-electron chi connectivity index (χ3n) is 6.73. The van der Waals surface area contributed by atoms with Crippen LogP contribution in [0.3, 0.4) is 0 Å². The van der Waals surface area contributed by atoms with Gasteiger partial charge in [0, 0.05) is 49.9 Å². The summed E-state index contributed by atoms with van der Waals surface area (Å²) < 4.78 is 36.2. The Morgan fingerprint density at radius 3 is 2.49 bits per heavy atom. The summed E-state index contributed by atoms with van der Waals surface area (Å²) in [5.41, 5.74) is 8.61. The summed E-state index contributed by atoms with van der Waals surface area (Å²) in [6.45, 7) is 11.4. The Labute approximate surface area is 207 Å². The van der Waals surface area contributed by atoms with Gasteiger partial charge in [-0.05, 0) is 45.0 Å². The number of carbonyl (C=O) groups is 1. The summed E-state index contributed by atoms with van der Waals surface area (Å²) in [7, 11) is -3.71. The van der Waals surface area contributed by atoms with Gasteiger partial charge in [0.25, 0.3) is 0 Å². The van der Waals surface area contributed by atoms with E-state index >= 15 is 0 Å². The van der Waals surface area contributed by atoms with E-state index in [1.165, 1.54) is 4.31 Å². The number of nitrogens with two attached hydrogens (primary N) is 1. The lowest BCUT2D eigenvalue weighted by Crippen LogP contribution is -2.48. The monoisotopic (exact) mass is 501 g/mol. The first-order chi connectivity index (χ1) is 16.7. The van der Waals surface area contributed by atoms with Crippen molar-refractivity contribution in [1.82, 2.24) is 18.8 Å². The molecule has 0 amide bonds. The van der Waals surface area contributed by atoms with Crippen LogP contribution in [0.1, 0.15) is 54.8 Å². The number of ether oxygens (including phenoxy) is 1. The van der Waals surface area contributed by atoms with Crippen LogP contribution in [0, 0.1) is 6.92 Å². The van der Waals surface area contributed by atoms with Crippen molar-refractivity contribution < 1.29 is 17.9 Å². The van der Waals surface area contributed by atoms with Crippen molar-refractivity contribution in [3.8, 4) is 5.75 Å². The van der Waals surface area contributed by atoms with E-state index in [-0.39, 0.29) is 10.7 Å². The molecule has 4 rings (SSSR count). The van der Waals surface area contributed by atoms with E-state index in [1.807, 2.05) is 20.0 Å². The summed E-state index contributed by atoms with van der Waals surface area (Å²) in [6, 6.07) is 3.88. The molecule has 10 heteroatoms. The minimum Gasteiger partial charge on any atom is -0.493 e. The third-order valence-corrected chi connectivity index (χ3v) is 8.62. The van der Waals surface area contributed by atoms with Crippen molar-refractivity contribution in [2.75, 3.05) is 39.3 Å². The highest BCUT2D eigenvalue weighted by molar-refractivity contribution is 7.89. The van der Waals surface area contributed by atoms with Gasteiger partial charge >= 0.3 is 0 Å². The standard InChI is InChI=1S/C25H35N5O4S/c1-5-8-22-27-17(4)24-25(31)23(26)20(16-30(22)24)19-15-18(9-10-21(19)34-7-3)35(32,33)29-13-11-28(6-2)12-14-29/h9-10,15-16,23H,5-8,11-14,26H2,1-4H3/t23-/m1/s1. The molecule has 1 aromatic heterocycles. The number of nitrogens with zero attached hydrogens (tertiary/aromatic N) is 4. The second-order valence-corrected chi connectivity index (χ2v) is 10.9. The molecular formula is C25H35N5O4S. The zero-order chi connectivity index (χ0) is 25.3. The van der Waals surface area contributed by atoms with E-state index in [2.05, 4.69) is 23.7 Å². The third kappa shape index (κ3) is 4.67. The quantitative estimate of drug-likeness (QED) is 0.591. The molecule has 1 aromatic carbocycles. The zero-order valence-corrected chi connectivity index (χ0v) is 21.8. The maximum atomic E-state index is 13.5. The summed E-state index contributed by atoms with van der Waals surface area (Å²) in [5, 5.41) is 0. The van der Waals surface area contributed by atoms with Crippen molar-refractivity contribution in [1.29, 1.82) is 0 Å². The van der Waals surface area contributed by atoms with Gasteiger partial charge in [0.15, 0.2) is 0 Å². The Morgan fingerprint density at radius 2 is 1.86 bits per heavy atom. The van der Waals surface area contributed by atoms with Gasteiger partial charge in [0.1, 0.15) is 17.3 Å². The van der Waals surface area contributed by atoms with E-state index < -0.39 is 16.1 Å². The molecule has 9 nitrogen and oxygen atoms in total. The number of benzene rings is 1. The fourth-order valence-corrected chi connectivity index (χ4v) is 6.25. The van der Waals surface area contributed by atoms with E-state index in [9.17, 15) is 13.2 Å². The summed E-state index contributed by atoms with van der Waals surface area (Å²) in [4.78, 5) is 20.3. The number of carbonyl (C=O) groups excluding carboxylic acids is 1. The van der Waals surface area contributed by atoms with Crippen molar-refractivity contribution in [3.05, 3.63) is 41.0 Å². The minimum absolute atomic E-state index is 0.169. The van der Waals surface area contributed by atoms with Gasteiger partial charge in [0.05, 0.1) is 23.2 Å². The van der Waals surface area contributed by atoms with E-state index in [0.717, 1.165) is 18.8 Å². The van der Waals surface area contributed by atoms with Crippen LogP contribution in [0.25, 0.3) is 11.8 Å². The second kappa shape index (κ2) is 10.2. The first kappa shape index (κ1) is 25.6. The number of likely N-dealkylation sites (N-methyl/N-ethyl adjacent to an activating group) is 1. The lowest BCUT2D eigenvalue weighted by Gasteiger charge is -2.33. The average molecular weight is 502 g/mol. The summed E-state index contributed by atoms with van der Waals surface area (Å²) in [6.07, 6.45) is 3.41. The maximum absolute atomic E-state index is 13.5. The topological polar surface area (TPSA) is 111 Å². The molecule has 0 unspecified atom stereocenters. The fourth-order valence-electron chi connectivity index (χ4n) is 4.80. The molecular weight excluding hydrogens is 466 g/mol. The number of aryl methyl sites for hydroxylation is 2.